The number of hydrogen-bond donors (Lipinski definition) is 2. The Morgan fingerprint density at radius 2 is 1.71 bits per heavy atom. The van der Waals surface area contributed by atoms with Gasteiger partial charge in [0.2, 0.25) is 11.8 Å². The predicted molar refractivity (Wildman–Crippen MR) is 204 cm³/mol. The molecule has 0 bridgehead atoms. The summed E-state index contributed by atoms with van der Waals surface area (Å²) in [6, 6.07) is 14.9. The van der Waals surface area contributed by atoms with Crippen molar-refractivity contribution < 1.29 is 28.7 Å². The summed E-state index contributed by atoms with van der Waals surface area (Å²) in [6.45, 7) is 12.3. The number of aromatic nitrogens is 1. The fraction of sp³-hybridized carbons (Fsp3) is 0.439. The number of nitrogens with zero attached hydrogens (tertiary/aromatic N) is 5. The summed E-state index contributed by atoms with van der Waals surface area (Å²) in [4.78, 5) is 73.8. The Kier molecular flexibility index (Phi) is 10.2. The maximum Gasteiger partial charge on any atom is 0.262 e. The number of nitrogens with one attached hydrogen (secondary N) is 2. The normalized spacial score (nSPS) is 23.1. The average molecular weight is 766 g/mol. The molecule has 1 saturated carbocycles. The van der Waals surface area contributed by atoms with Gasteiger partial charge in [0, 0.05) is 73.1 Å². The molecular formula is C41H44ClN7O6. The molecular weight excluding hydrogens is 722 g/mol. The molecule has 4 aliphatic rings. The summed E-state index contributed by atoms with van der Waals surface area (Å²) in [6.07, 6.45) is 3.31. The lowest BCUT2D eigenvalue weighted by atomic mass is 9.49. The summed E-state index contributed by atoms with van der Waals surface area (Å²) >= 11 is 6.23. The number of hydrogen-bond acceptors (Lipinski definition) is 10. The zero-order valence-corrected chi connectivity index (χ0v) is 32.1. The van der Waals surface area contributed by atoms with Gasteiger partial charge in [-0.3, -0.25) is 44.1 Å². The minimum Gasteiger partial charge on any atom is -0.489 e. The molecule has 3 aliphatic heterocycles. The van der Waals surface area contributed by atoms with Crippen LogP contribution in [0.1, 0.15) is 89.3 Å². The van der Waals surface area contributed by atoms with Gasteiger partial charge >= 0.3 is 0 Å². The van der Waals surface area contributed by atoms with E-state index in [0.717, 1.165) is 61.8 Å². The van der Waals surface area contributed by atoms with Gasteiger partial charge in [0.05, 0.1) is 27.3 Å². The molecule has 3 aromatic rings. The third kappa shape index (κ3) is 7.16. The number of amides is 5. The average Bonchev–Trinajstić information content (AvgIpc) is 3.41. The van der Waals surface area contributed by atoms with Crippen LogP contribution in [0.25, 0.3) is 0 Å². The summed E-state index contributed by atoms with van der Waals surface area (Å²) in [5.41, 5.74) is 2.46. The van der Waals surface area contributed by atoms with Crippen LogP contribution in [0.2, 0.25) is 5.02 Å². The van der Waals surface area contributed by atoms with Crippen LogP contribution < -0.4 is 20.3 Å². The number of nitriles is 1. The fourth-order valence-electron chi connectivity index (χ4n) is 8.89. The standard InChI is InChI=1S/C41H44ClN7O6/c1-40(2)38(41(3,4)39(40)55-28-11-8-24(22-43)31(42)21-28)46-34(51)25-7-9-26(44-23-25)6-5-15-47-16-18-48(19-17-47)27-10-12-29-30(20-27)37(54)49(36(29)53)32-13-14-33(50)45-35(32)52/h7-12,20-21,23,32,38-39H,5-6,13-19H2,1-4H3,(H,46,51)(H,45,50,52). The molecule has 1 unspecified atom stereocenters. The number of piperazine rings is 1. The number of ether oxygens (including phenoxy) is 1. The van der Waals surface area contributed by atoms with Crippen LogP contribution in [0.15, 0.2) is 54.7 Å². The SMILES string of the molecule is CC1(C)C(NC(=O)c2ccc(CCCN3CCN(c4ccc5c(c4)C(=O)N(C4CCC(=O)NC4=O)C5=O)CC3)nc2)C(C)(C)C1Oc1ccc(C#N)c(Cl)c1. The van der Waals surface area contributed by atoms with Crippen LogP contribution in [0.3, 0.4) is 0 Å². The molecule has 4 heterocycles. The topological polar surface area (TPSA) is 165 Å². The van der Waals surface area contributed by atoms with Crippen molar-refractivity contribution in [3.63, 3.8) is 0 Å². The van der Waals surface area contributed by atoms with Crippen LogP contribution >= 0.6 is 11.6 Å². The zero-order chi connectivity index (χ0) is 39.2. The lowest BCUT2D eigenvalue weighted by Crippen LogP contribution is -2.74. The number of pyridine rings is 1. The smallest absolute Gasteiger partial charge is 0.262 e. The van der Waals surface area contributed by atoms with Crippen LogP contribution in [0, 0.1) is 22.2 Å². The summed E-state index contributed by atoms with van der Waals surface area (Å²) in [5.74, 6) is -1.64. The Morgan fingerprint density at radius 1 is 0.982 bits per heavy atom. The van der Waals surface area contributed by atoms with Crippen molar-refractivity contribution in [1.82, 2.24) is 25.4 Å². The molecule has 0 radical (unpaired) electrons. The number of halogens is 1. The van der Waals surface area contributed by atoms with Gasteiger partial charge in [-0.25, -0.2) is 0 Å². The molecule has 2 N–H and O–H groups in total. The predicted octanol–water partition coefficient (Wildman–Crippen LogP) is 4.37. The summed E-state index contributed by atoms with van der Waals surface area (Å²) in [7, 11) is 0. The molecule has 2 saturated heterocycles. The van der Waals surface area contributed by atoms with E-state index < -0.39 is 29.7 Å². The number of fused-ring (bicyclic) bond motifs is 1. The molecule has 13 nitrogen and oxygen atoms in total. The number of aryl methyl sites for hydroxylation is 1. The molecule has 0 spiro atoms. The Hall–Kier alpha value is -5.32. The molecule has 1 aliphatic carbocycles. The first kappa shape index (κ1) is 38.0. The second kappa shape index (κ2) is 14.7. The Morgan fingerprint density at radius 3 is 2.36 bits per heavy atom. The fourth-order valence-corrected chi connectivity index (χ4v) is 9.10. The lowest BCUT2D eigenvalue weighted by Gasteiger charge is -2.63. The molecule has 14 heteroatoms. The second-order valence-electron chi connectivity index (χ2n) is 15.9. The summed E-state index contributed by atoms with van der Waals surface area (Å²) in [5, 5.41) is 15.0. The molecule has 3 fully saturated rings. The van der Waals surface area contributed by atoms with Gasteiger partial charge in [0.25, 0.3) is 17.7 Å². The highest BCUT2D eigenvalue weighted by molar-refractivity contribution is 6.31. The first-order valence-electron chi connectivity index (χ1n) is 18.6. The van der Waals surface area contributed by atoms with Crippen molar-refractivity contribution in [2.45, 2.75) is 71.6 Å². The van der Waals surface area contributed by atoms with Crippen molar-refractivity contribution >= 4 is 46.8 Å². The van der Waals surface area contributed by atoms with E-state index in [4.69, 9.17) is 16.3 Å². The van der Waals surface area contributed by atoms with E-state index >= 15 is 0 Å². The molecule has 1 atom stereocenters. The number of piperidine rings is 1. The zero-order valence-electron chi connectivity index (χ0n) is 31.4. The highest BCUT2D eigenvalue weighted by Gasteiger charge is 2.64. The Balaban J connectivity index is 0.864. The Bertz CT molecular complexity index is 2090. The van der Waals surface area contributed by atoms with E-state index in [1.165, 1.54) is 0 Å². The van der Waals surface area contributed by atoms with Gasteiger partial charge in [-0.1, -0.05) is 39.3 Å². The lowest BCUT2D eigenvalue weighted by molar-refractivity contribution is -0.164. The molecule has 286 valence electrons. The number of carbonyl (C=O) groups is 5. The third-order valence-electron chi connectivity index (χ3n) is 11.6. The van der Waals surface area contributed by atoms with E-state index in [9.17, 15) is 29.2 Å². The molecule has 55 heavy (non-hydrogen) atoms. The van der Waals surface area contributed by atoms with E-state index in [0.29, 0.717) is 21.9 Å². The van der Waals surface area contributed by atoms with Crippen LogP contribution in [-0.4, -0.2) is 95.2 Å². The van der Waals surface area contributed by atoms with Gasteiger partial charge < -0.3 is 15.0 Å². The Labute approximate surface area is 324 Å². The first-order chi connectivity index (χ1) is 26.2. The maximum absolute atomic E-state index is 13.3. The van der Waals surface area contributed by atoms with Crippen molar-refractivity contribution in [2.24, 2.45) is 10.8 Å². The van der Waals surface area contributed by atoms with E-state index in [1.807, 2.05) is 18.2 Å². The number of anilines is 1. The van der Waals surface area contributed by atoms with Gasteiger partial charge in [0.15, 0.2) is 0 Å². The summed E-state index contributed by atoms with van der Waals surface area (Å²) < 4.78 is 6.34. The van der Waals surface area contributed by atoms with Crippen molar-refractivity contribution in [2.75, 3.05) is 37.6 Å². The van der Waals surface area contributed by atoms with E-state index in [-0.39, 0.29) is 52.9 Å². The van der Waals surface area contributed by atoms with Crippen molar-refractivity contribution in [3.05, 3.63) is 87.7 Å². The van der Waals surface area contributed by atoms with Crippen LogP contribution in [-0.2, 0) is 16.0 Å². The highest BCUT2D eigenvalue weighted by Crippen LogP contribution is 2.55. The second-order valence-corrected chi connectivity index (χ2v) is 16.4. The molecule has 5 amide bonds. The van der Waals surface area contributed by atoms with Crippen molar-refractivity contribution in [1.29, 1.82) is 5.26 Å². The molecule has 1 aromatic heterocycles. The highest BCUT2D eigenvalue weighted by atomic mass is 35.5. The quantitative estimate of drug-likeness (QED) is 0.283. The van der Waals surface area contributed by atoms with E-state index in [1.54, 1.807) is 36.5 Å². The van der Waals surface area contributed by atoms with Gasteiger partial charge in [-0.2, -0.15) is 5.26 Å². The minimum absolute atomic E-state index is 0.0814. The van der Waals surface area contributed by atoms with Crippen LogP contribution in [0.5, 0.6) is 5.75 Å². The first-order valence-corrected chi connectivity index (χ1v) is 19.0. The number of benzene rings is 2. The van der Waals surface area contributed by atoms with Gasteiger partial charge in [0.1, 0.15) is 24.0 Å². The van der Waals surface area contributed by atoms with Gasteiger partial charge in [-0.05, 0) is 68.3 Å². The molecule has 2 aromatic carbocycles. The number of rotatable bonds is 10. The van der Waals surface area contributed by atoms with Crippen LogP contribution in [0.4, 0.5) is 5.69 Å². The number of carbonyl (C=O) groups excluding carboxylic acids is 5. The molecule has 7 rings (SSSR count). The monoisotopic (exact) mass is 765 g/mol. The minimum atomic E-state index is -0.985. The van der Waals surface area contributed by atoms with Crippen molar-refractivity contribution in [3.8, 4) is 11.8 Å². The number of imide groups is 2. The largest absolute Gasteiger partial charge is 0.489 e. The maximum atomic E-state index is 13.3. The van der Waals surface area contributed by atoms with Gasteiger partial charge in [-0.15, -0.1) is 0 Å². The third-order valence-corrected chi connectivity index (χ3v) is 11.9. The van der Waals surface area contributed by atoms with E-state index in [2.05, 4.69) is 59.2 Å².